The Morgan fingerprint density at radius 3 is 2.35 bits per heavy atom. The van der Waals surface area contributed by atoms with Crippen LogP contribution in [0.4, 0.5) is 0 Å². The molecule has 0 saturated heterocycles. The van der Waals surface area contributed by atoms with Gasteiger partial charge in [0.1, 0.15) is 5.78 Å². The summed E-state index contributed by atoms with van der Waals surface area (Å²) in [5, 5.41) is 0. The van der Waals surface area contributed by atoms with E-state index in [1.807, 2.05) is 0 Å². The molecule has 0 aromatic rings. The van der Waals surface area contributed by atoms with Crippen LogP contribution in [0.15, 0.2) is 0 Å². The molecule has 2 saturated carbocycles. The van der Waals surface area contributed by atoms with E-state index in [1.165, 1.54) is 38.5 Å². The Kier molecular flexibility index (Phi) is 3.95. The summed E-state index contributed by atoms with van der Waals surface area (Å²) in [5.41, 5.74) is 0.242. The fraction of sp³-hybridized carbons (Fsp3) is 0.938. The molecule has 0 bridgehead atoms. The molecule has 2 aliphatic rings. The topological polar surface area (TPSA) is 17.1 Å². The minimum absolute atomic E-state index is 0.242. The van der Waals surface area contributed by atoms with Crippen molar-refractivity contribution in [2.75, 3.05) is 0 Å². The second-order valence-electron chi connectivity index (χ2n) is 7.25. The van der Waals surface area contributed by atoms with Crippen LogP contribution in [0.1, 0.15) is 72.1 Å². The van der Waals surface area contributed by atoms with Gasteiger partial charge in [-0.2, -0.15) is 0 Å². The zero-order chi connectivity index (χ0) is 12.5. The van der Waals surface area contributed by atoms with Crippen molar-refractivity contribution < 1.29 is 4.79 Å². The first-order chi connectivity index (χ1) is 7.99. The number of ketones is 1. The van der Waals surface area contributed by atoms with E-state index in [9.17, 15) is 4.79 Å². The minimum Gasteiger partial charge on any atom is -0.299 e. The van der Waals surface area contributed by atoms with Gasteiger partial charge < -0.3 is 0 Å². The van der Waals surface area contributed by atoms with Crippen LogP contribution in [-0.4, -0.2) is 5.78 Å². The summed E-state index contributed by atoms with van der Waals surface area (Å²) in [6.45, 7) is 6.89. The number of Topliss-reactive ketones (excluding diaryl/α,β-unsaturated/α-hetero) is 1. The van der Waals surface area contributed by atoms with Crippen LogP contribution in [0.3, 0.4) is 0 Å². The van der Waals surface area contributed by atoms with Crippen molar-refractivity contribution in [3.63, 3.8) is 0 Å². The summed E-state index contributed by atoms with van der Waals surface area (Å²) >= 11 is 0. The van der Waals surface area contributed by atoms with Crippen LogP contribution in [0.2, 0.25) is 0 Å². The molecule has 0 spiro atoms. The third-order valence-electron chi connectivity index (χ3n) is 5.12. The van der Waals surface area contributed by atoms with Gasteiger partial charge in [0.2, 0.25) is 0 Å². The van der Waals surface area contributed by atoms with Crippen molar-refractivity contribution in [2.24, 2.45) is 23.2 Å². The maximum absolute atomic E-state index is 12.2. The summed E-state index contributed by atoms with van der Waals surface area (Å²) < 4.78 is 0. The molecule has 0 amide bonds. The Balaban J connectivity index is 1.96. The highest BCUT2D eigenvalue weighted by Crippen LogP contribution is 2.44. The minimum atomic E-state index is 0.242. The number of rotatable bonds is 3. The Hall–Kier alpha value is -0.330. The Morgan fingerprint density at radius 2 is 1.76 bits per heavy atom. The molecule has 0 aromatic carbocycles. The number of hydrogen-bond donors (Lipinski definition) is 0. The van der Waals surface area contributed by atoms with Gasteiger partial charge in [-0.1, -0.05) is 46.5 Å². The van der Waals surface area contributed by atoms with E-state index < -0.39 is 0 Å². The fourth-order valence-corrected chi connectivity index (χ4v) is 4.13. The van der Waals surface area contributed by atoms with Gasteiger partial charge in [0, 0.05) is 12.3 Å². The van der Waals surface area contributed by atoms with Gasteiger partial charge in [0.25, 0.3) is 0 Å². The highest BCUT2D eigenvalue weighted by Gasteiger charge is 2.39. The van der Waals surface area contributed by atoms with Gasteiger partial charge in [0.05, 0.1) is 0 Å². The van der Waals surface area contributed by atoms with Gasteiger partial charge >= 0.3 is 0 Å². The third-order valence-corrected chi connectivity index (χ3v) is 5.12. The molecule has 2 unspecified atom stereocenters. The van der Waals surface area contributed by atoms with E-state index in [1.54, 1.807) is 0 Å². The van der Waals surface area contributed by atoms with E-state index in [2.05, 4.69) is 20.8 Å². The summed E-state index contributed by atoms with van der Waals surface area (Å²) in [7, 11) is 0. The fourth-order valence-electron chi connectivity index (χ4n) is 4.13. The predicted octanol–water partition coefficient (Wildman–Crippen LogP) is 4.60. The SMILES string of the molecule is CC1CCC(C(C)(C)CC2CCCC2)C(=O)C1. The highest BCUT2D eigenvalue weighted by atomic mass is 16.1. The molecule has 0 aromatic heterocycles. The molecule has 1 nitrogen and oxygen atoms in total. The van der Waals surface area contributed by atoms with Crippen molar-refractivity contribution in [3.05, 3.63) is 0 Å². The summed E-state index contributed by atoms with van der Waals surface area (Å²) in [5.74, 6) is 2.42. The molecule has 2 aliphatic carbocycles. The largest absolute Gasteiger partial charge is 0.299 e. The van der Waals surface area contributed by atoms with E-state index in [0.717, 1.165) is 18.8 Å². The zero-order valence-corrected chi connectivity index (χ0v) is 11.8. The van der Waals surface area contributed by atoms with Crippen LogP contribution < -0.4 is 0 Å². The molecule has 2 fully saturated rings. The lowest BCUT2D eigenvalue weighted by Gasteiger charge is -2.39. The molecular formula is C16H28O. The van der Waals surface area contributed by atoms with E-state index in [-0.39, 0.29) is 5.41 Å². The lowest BCUT2D eigenvalue weighted by atomic mass is 9.65. The first kappa shape index (κ1) is 13.1. The molecule has 17 heavy (non-hydrogen) atoms. The Morgan fingerprint density at radius 1 is 1.12 bits per heavy atom. The average molecular weight is 236 g/mol. The quantitative estimate of drug-likeness (QED) is 0.700. The number of hydrogen-bond acceptors (Lipinski definition) is 1. The Labute approximate surface area is 106 Å². The zero-order valence-electron chi connectivity index (χ0n) is 11.8. The monoisotopic (exact) mass is 236 g/mol. The van der Waals surface area contributed by atoms with Crippen LogP contribution in [0, 0.1) is 23.2 Å². The molecular weight excluding hydrogens is 208 g/mol. The lowest BCUT2D eigenvalue weighted by molar-refractivity contribution is -0.130. The van der Waals surface area contributed by atoms with Crippen LogP contribution >= 0.6 is 0 Å². The molecule has 98 valence electrons. The summed E-state index contributed by atoms with van der Waals surface area (Å²) in [6, 6.07) is 0. The first-order valence-electron chi connectivity index (χ1n) is 7.52. The van der Waals surface area contributed by atoms with E-state index in [0.29, 0.717) is 17.6 Å². The van der Waals surface area contributed by atoms with Crippen LogP contribution in [0.5, 0.6) is 0 Å². The maximum Gasteiger partial charge on any atom is 0.136 e. The second kappa shape index (κ2) is 5.12. The molecule has 0 radical (unpaired) electrons. The molecule has 0 N–H and O–H groups in total. The highest BCUT2D eigenvalue weighted by molar-refractivity contribution is 5.82. The van der Waals surface area contributed by atoms with Crippen LogP contribution in [0.25, 0.3) is 0 Å². The molecule has 0 aliphatic heterocycles. The van der Waals surface area contributed by atoms with Crippen LogP contribution in [-0.2, 0) is 4.79 Å². The molecule has 1 heteroatoms. The molecule has 2 atom stereocenters. The van der Waals surface area contributed by atoms with Gasteiger partial charge in [-0.25, -0.2) is 0 Å². The van der Waals surface area contributed by atoms with Gasteiger partial charge in [0.15, 0.2) is 0 Å². The standard InChI is InChI=1S/C16H28O/c1-12-8-9-14(15(17)10-12)16(2,3)11-13-6-4-5-7-13/h12-14H,4-11H2,1-3H3. The summed E-state index contributed by atoms with van der Waals surface area (Å²) in [4.78, 5) is 12.2. The molecule has 2 rings (SSSR count). The number of carbonyl (C=O) groups is 1. The van der Waals surface area contributed by atoms with Crippen molar-refractivity contribution in [1.29, 1.82) is 0 Å². The van der Waals surface area contributed by atoms with Gasteiger partial charge in [-0.05, 0) is 36.5 Å². The second-order valence-corrected chi connectivity index (χ2v) is 7.25. The Bertz CT molecular complexity index is 273. The first-order valence-corrected chi connectivity index (χ1v) is 7.52. The van der Waals surface area contributed by atoms with Crippen molar-refractivity contribution >= 4 is 5.78 Å². The number of carbonyl (C=O) groups excluding carboxylic acids is 1. The van der Waals surface area contributed by atoms with E-state index in [4.69, 9.17) is 0 Å². The maximum atomic E-state index is 12.2. The molecule has 0 heterocycles. The third kappa shape index (κ3) is 3.11. The normalized spacial score (nSPS) is 32.1. The van der Waals surface area contributed by atoms with Crippen molar-refractivity contribution in [3.8, 4) is 0 Å². The van der Waals surface area contributed by atoms with Gasteiger partial charge in [-0.3, -0.25) is 4.79 Å². The van der Waals surface area contributed by atoms with Crippen molar-refractivity contribution in [2.45, 2.75) is 72.1 Å². The van der Waals surface area contributed by atoms with E-state index >= 15 is 0 Å². The summed E-state index contributed by atoms with van der Waals surface area (Å²) in [6.07, 6.45) is 10.1. The predicted molar refractivity (Wildman–Crippen MR) is 71.9 cm³/mol. The van der Waals surface area contributed by atoms with Gasteiger partial charge in [-0.15, -0.1) is 0 Å². The van der Waals surface area contributed by atoms with Crippen molar-refractivity contribution in [1.82, 2.24) is 0 Å². The average Bonchev–Trinajstić information content (AvgIpc) is 2.68. The lowest BCUT2D eigenvalue weighted by Crippen LogP contribution is -2.36. The smallest absolute Gasteiger partial charge is 0.136 e.